The molecule has 0 aliphatic carbocycles. The summed E-state index contributed by atoms with van der Waals surface area (Å²) in [7, 11) is 0. The van der Waals surface area contributed by atoms with E-state index in [2.05, 4.69) is 0 Å². The molecule has 0 fully saturated rings. The molecule has 1 unspecified atom stereocenters. The topological polar surface area (TPSA) is 147 Å². The van der Waals surface area contributed by atoms with Crippen LogP contribution < -0.4 is 20.9 Å². The number of nitrogens with two attached hydrogens (primary N) is 2. The van der Waals surface area contributed by atoms with Gasteiger partial charge in [-0.2, -0.15) is 5.26 Å². The predicted octanol–water partition coefficient (Wildman–Crippen LogP) is 2.25. The maximum Gasteiger partial charge on any atom is 0.338 e. The summed E-state index contributed by atoms with van der Waals surface area (Å²) in [6.45, 7) is 4.96. The van der Waals surface area contributed by atoms with Crippen molar-refractivity contribution in [1.82, 2.24) is 0 Å². The van der Waals surface area contributed by atoms with Crippen molar-refractivity contribution in [2.75, 3.05) is 19.8 Å². The van der Waals surface area contributed by atoms with E-state index in [-0.39, 0.29) is 52.5 Å². The number of hydrogen-bond acceptors (Lipinski definition) is 8. The minimum atomic E-state index is -0.898. The van der Waals surface area contributed by atoms with Gasteiger partial charge in [0.05, 0.1) is 29.7 Å². The third kappa shape index (κ3) is 4.78. The number of carbonyl (C=O) groups excluding carboxylic acids is 2. The van der Waals surface area contributed by atoms with E-state index >= 15 is 0 Å². The van der Waals surface area contributed by atoms with Crippen LogP contribution in [0.4, 0.5) is 0 Å². The highest BCUT2D eigenvalue weighted by Gasteiger charge is 2.37. The van der Waals surface area contributed by atoms with Crippen LogP contribution in [0.25, 0.3) is 0 Å². The van der Waals surface area contributed by atoms with Gasteiger partial charge in [-0.25, -0.2) is 4.79 Å². The first-order valence-corrected chi connectivity index (χ1v) is 9.45. The number of benzene rings is 1. The Morgan fingerprint density at radius 3 is 2.53 bits per heavy atom. The third-order valence-corrected chi connectivity index (χ3v) is 4.41. The molecule has 1 atom stereocenters. The van der Waals surface area contributed by atoms with Crippen LogP contribution in [-0.2, 0) is 19.1 Å². The summed E-state index contributed by atoms with van der Waals surface area (Å²) in [6.07, 6.45) is 0. The highest BCUT2D eigenvalue weighted by Crippen LogP contribution is 2.45. The molecule has 1 aromatic carbocycles. The number of primary amides is 1. The Kier molecular flexibility index (Phi) is 7.55. The average Bonchev–Trinajstić information content (AvgIpc) is 2.66. The van der Waals surface area contributed by atoms with Crippen molar-refractivity contribution in [3.8, 4) is 17.6 Å². The second kappa shape index (κ2) is 9.89. The van der Waals surface area contributed by atoms with Crippen molar-refractivity contribution in [2.24, 2.45) is 11.5 Å². The van der Waals surface area contributed by atoms with Crippen molar-refractivity contribution in [2.45, 2.75) is 26.7 Å². The summed E-state index contributed by atoms with van der Waals surface area (Å²) < 4.78 is 21.5. The molecular weight excluding hydrogens is 414 g/mol. The smallest absolute Gasteiger partial charge is 0.338 e. The van der Waals surface area contributed by atoms with Gasteiger partial charge in [-0.1, -0.05) is 11.6 Å². The minimum absolute atomic E-state index is 0.0213. The molecule has 2 rings (SSSR count). The lowest BCUT2D eigenvalue weighted by atomic mass is 9.83. The fourth-order valence-electron chi connectivity index (χ4n) is 2.99. The quantitative estimate of drug-likeness (QED) is 0.591. The molecular formula is C20H22ClN3O6. The molecule has 0 aromatic heterocycles. The van der Waals surface area contributed by atoms with Crippen molar-refractivity contribution in [1.29, 1.82) is 5.26 Å². The number of amides is 1. The highest BCUT2D eigenvalue weighted by molar-refractivity contribution is 6.32. The number of esters is 1. The Morgan fingerprint density at radius 1 is 1.27 bits per heavy atom. The van der Waals surface area contributed by atoms with E-state index in [0.29, 0.717) is 5.56 Å². The molecule has 1 heterocycles. The fraction of sp³-hybridized carbons (Fsp3) is 0.350. The number of rotatable bonds is 8. The summed E-state index contributed by atoms with van der Waals surface area (Å²) in [6, 6.07) is 5.03. The van der Waals surface area contributed by atoms with Crippen LogP contribution in [0.2, 0.25) is 5.02 Å². The number of halogens is 1. The summed E-state index contributed by atoms with van der Waals surface area (Å²) >= 11 is 6.37. The van der Waals surface area contributed by atoms with Crippen molar-refractivity contribution < 1.29 is 28.5 Å². The van der Waals surface area contributed by atoms with Gasteiger partial charge < -0.3 is 30.4 Å². The van der Waals surface area contributed by atoms with Crippen LogP contribution in [0.15, 0.2) is 34.9 Å². The number of carbonyl (C=O) groups is 2. The molecule has 0 spiro atoms. The van der Waals surface area contributed by atoms with E-state index in [1.165, 1.54) is 6.07 Å². The van der Waals surface area contributed by atoms with Crippen molar-refractivity contribution in [3.05, 3.63) is 45.5 Å². The highest BCUT2D eigenvalue weighted by atomic mass is 35.5. The van der Waals surface area contributed by atoms with Crippen molar-refractivity contribution in [3.63, 3.8) is 0 Å². The number of nitrogens with zero attached hydrogens (tertiary/aromatic N) is 1. The molecule has 0 radical (unpaired) electrons. The average molecular weight is 436 g/mol. The van der Waals surface area contributed by atoms with E-state index in [1.54, 1.807) is 26.8 Å². The molecule has 1 aromatic rings. The fourth-order valence-corrected chi connectivity index (χ4v) is 3.26. The zero-order valence-corrected chi connectivity index (χ0v) is 17.5. The standard InChI is InChI=1S/C20H22ClN3O6/c1-4-27-14-7-11(6-13(21)18(14)29-9-15(23)25)17-12(8-22)19(24)30-10(3)16(17)20(26)28-5-2/h6-7,17H,4-5,9,24H2,1-3H3,(H2,23,25). The first-order valence-electron chi connectivity index (χ1n) is 9.07. The van der Waals surface area contributed by atoms with E-state index in [0.717, 1.165) is 0 Å². The van der Waals surface area contributed by atoms with Gasteiger partial charge in [-0.05, 0) is 38.5 Å². The second-order valence-electron chi connectivity index (χ2n) is 6.13. The zero-order valence-electron chi connectivity index (χ0n) is 16.8. The van der Waals surface area contributed by atoms with E-state index in [9.17, 15) is 14.9 Å². The SMILES string of the molecule is CCOC(=O)C1=C(C)OC(N)=C(C#N)C1c1cc(Cl)c(OCC(N)=O)c(OCC)c1. The molecule has 160 valence electrons. The van der Waals surface area contributed by atoms with Crippen LogP contribution in [0.3, 0.4) is 0 Å². The second-order valence-corrected chi connectivity index (χ2v) is 6.54. The number of allylic oxidation sites excluding steroid dienone is 2. The van der Waals surface area contributed by atoms with Gasteiger partial charge >= 0.3 is 5.97 Å². The lowest BCUT2D eigenvalue weighted by molar-refractivity contribution is -0.139. The predicted molar refractivity (Wildman–Crippen MR) is 107 cm³/mol. The summed E-state index contributed by atoms with van der Waals surface area (Å²) in [5.41, 5.74) is 11.6. The molecule has 0 bridgehead atoms. The summed E-state index contributed by atoms with van der Waals surface area (Å²) in [4.78, 5) is 23.7. The maximum atomic E-state index is 12.6. The molecule has 0 saturated heterocycles. The van der Waals surface area contributed by atoms with Gasteiger partial charge in [-0.3, -0.25) is 4.79 Å². The lowest BCUT2D eigenvalue weighted by Gasteiger charge is -2.27. The van der Waals surface area contributed by atoms with Crippen LogP contribution in [0, 0.1) is 11.3 Å². The largest absolute Gasteiger partial charge is 0.490 e. The van der Waals surface area contributed by atoms with E-state index in [1.807, 2.05) is 6.07 Å². The lowest BCUT2D eigenvalue weighted by Crippen LogP contribution is -2.25. The van der Waals surface area contributed by atoms with Crippen molar-refractivity contribution >= 4 is 23.5 Å². The minimum Gasteiger partial charge on any atom is -0.490 e. The Bertz CT molecular complexity index is 964. The van der Waals surface area contributed by atoms with Gasteiger partial charge in [0.15, 0.2) is 18.1 Å². The molecule has 4 N–H and O–H groups in total. The number of ether oxygens (including phenoxy) is 4. The van der Waals surface area contributed by atoms with Gasteiger partial charge in [-0.15, -0.1) is 0 Å². The molecule has 1 amide bonds. The molecule has 9 nitrogen and oxygen atoms in total. The van der Waals surface area contributed by atoms with E-state index in [4.69, 9.17) is 42.0 Å². The normalized spacial score (nSPS) is 15.9. The Labute approximate surface area is 178 Å². The van der Waals surface area contributed by atoms with Gasteiger partial charge in [0.2, 0.25) is 5.88 Å². The Hall–Kier alpha value is -3.38. The molecule has 0 saturated carbocycles. The van der Waals surface area contributed by atoms with Gasteiger partial charge in [0, 0.05) is 0 Å². The molecule has 1 aliphatic rings. The van der Waals surface area contributed by atoms with Crippen LogP contribution >= 0.6 is 11.6 Å². The number of hydrogen-bond donors (Lipinski definition) is 2. The summed E-state index contributed by atoms with van der Waals surface area (Å²) in [5.74, 6) is -1.83. The van der Waals surface area contributed by atoms with Gasteiger partial charge in [0.1, 0.15) is 17.4 Å². The first-order chi connectivity index (χ1) is 14.2. The number of nitriles is 1. The summed E-state index contributed by atoms with van der Waals surface area (Å²) in [5, 5.41) is 9.77. The van der Waals surface area contributed by atoms with Gasteiger partial charge in [0.25, 0.3) is 5.91 Å². The molecule has 1 aliphatic heterocycles. The first kappa shape index (κ1) is 22.9. The van der Waals surface area contributed by atoms with Crippen LogP contribution in [0.5, 0.6) is 11.5 Å². The Balaban J connectivity index is 2.67. The van der Waals surface area contributed by atoms with E-state index < -0.39 is 24.4 Å². The molecule has 10 heteroatoms. The molecule has 30 heavy (non-hydrogen) atoms. The third-order valence-electron chi connectivity index (χ3n) is 4.12. The zero-order chi connectivity index (χ0) is 22.4. The van der Waals surface area contributed by atoms with Crippen LogP contribution in [0.1, 0.15) is 32.3 Å². The monoisotopic (exact) mass is 435 g/mol. The van der Waals surface area contributed by atoms with Crippen LogP contribution in [-0.4, -0.2) is 31.7 Å². The maximum absolute atomic E-state index is 12.6. The Morgan fingerprint density at radius 2 is 1.97 bits per heavy atom.